The minimum atomic E-state index is -1.31. The molecule has 2 aromatic rings. The molecule has 0 unspecified atom stereocenters. The van der Waals surface area contributed by atoms with Crippen molar-refractivity contribution in [2.75, 3.05) is 13.2 Å². The number of hydrogen-bond acceptors (Lipinski definition) is 6. The second-order valence-electron chi connectivity index (χ2n) is 8.56. The molecule has 0 bridgehead atoms. The number of amides is 1. The molecule has 0 saturated carbocycles. The van der Waals surface area contributed by atoms with Crippen LogP contribution in [-0.2, 0) is 20.7 Å². The quantitative estimate of drug-likeness (QED) is 0.457. The maximum Gasteiger partial charge on any atom is 0.229 e. The molecule has 1 aliphatic rings. The van der Waals surface area contributed by atoms with E-state index in [2.05, 4.69) is 5.32 Å². The van der Waals surface area contributed by atoms with Crippen LogP contribution in [0.2, 0.25) is 0 Å². The molecule has 1 amide bonds. The summed E-state index contributed by atoms with van der Waals surface area (Å²) in [5, 5.41) is 24.0. The van der Waals surface area contributed by atoms with E-state index in [0.29, 0.717) is 30.9 Å². The van der Waals surface area contributed by atoms with Crippen molar-refractivity contribution in [2.24, 2.45) is 0 Å². The van der Waals surface area contributed by atoms with Crippen LogP contribution in [0.3, 0.4) is 0 Å². The summed E-state index contributed by atoms with van der Waals surface area (Å²) < 4.78 is 31.4. The van der Waals surface area contributed by atoms with E-state index in [1.807, 2.05) is 13.0 Å². The average molecular weight is 476 g/mol. The fraction of sp³-hybridized carbons (Fsp3) is 0.500. The van der Waals surface area contributed by atoms with Gasteiger partial charge in [0.15, 0.2) is 0 Å². The maximum atomic E-state index is 13.9. The first-order valence-corrected chi connectivity index (χ1v) is 11.7. The first kappa shape index (κ1) is 26.1. The molecular weight excluding hydrogens is 441 g/mol. The summed E-state index contributed by atoms with van der Waals surface area (Å²) in [6.07, 6.45) is -2.35. The second kappa shape index (κ2) is 12.3. The second-order valence-corrected chi connectivity index (χ2v) is 8.56. The van der Waals surface area contributed by atoms with Gasteiger partial charge in [0, 0.05) is 20.1 Å². The molecule has 2 aromatic carbocycles. The molecule has 34 heavy (non-hydrogen) atoms. The number of aliphatic hydroxyl groups excluding tert-OH is 2. The molecule has 1 fully saturated rings. The van der Waals surface area contributed by atoms with Crippen LogP contribution >= 0.6 is 0 Å². The molecule has 8 heteroatoms. The number of benzene rings is 2. The SMILES string of the molecule is CCCCO[C@@H]1[C@@H](O)[C@@H](O)[C@H](Oc2ccc(CCNC(C)=O)c(-c3cccc(F)c3)c2)O[C@H]1C. The summed E-state index contributed by atoms with van der Waals surface area (Å²) >= 11 is 0. The van der Waals surface area contributed by atoms with Crippen LogP contribution in [0.15, 0.2) is 42.5 Å². The highest BCUT2D eigenvalue weighted by atomic mass is 19.1. The van der Waals surface area contributed by atoms with Crippen molar-refractivity contribution in [1.82, 2.24) is 5.32 Å². The largest absolute Gasteiger partial charge is 0.462 e. The molecule has 3 rings (SSSR count). The number of hydrogen-bond donors (Lipinski definition) is 3. The Bertz CT molecular complexity index is 955. The van der Waals surface area contributed by atoms with Crippen molar-refractivity contribution >= 4 is 5.91 Å². The summed E-state index contributed by atoms with van der Waals surface area (Å²) in [6, 6.07) is 11.5. The normalized spacial score (nSPS) is 24.6. The number of carbonyl (C=O) groups excluding carboxylic acids is 1. The molecule has 186 valence electrons. The summed E-state index contributed by atoms with van der Waals surface area (Å²) in [5.74, 6) is -0.0922. The van der Waals surface area contributed by atoms with Gasteiger partial charge in [0.05, 0.1) is 6.10 Å². The smallest absolute Gasteiger partial charge is 0.229 e. The highest BCUT2D eigenvalue weighted by Gasteiger charge is 2.44. The van der Waals surface area contributed by atoms with Crippen LogP contribution < -0.4 is 10.1 Å². The third-order valence-electron chi connectivity index (χ3n) is 5.82. The molecule has 0 spiro atoms. The molecule has 7 nitrogen and oxygen atoms in total. The predicted molar refractivity (Wildman–Crippen MR) is 126 cm³/mol. The first-order valence-electron chi connectivity index (χ1n) is 11.7. The predicted octanol–water partition coefficient (Wildman–Crippen LogP) is 3.20. The van der Waals surface area contributed by atoms with Crippen LogP contribution in [0.1, 0.15) is 39.2 Å². The van der Waals surface area contributed by atoms with E-state index >= 15 is 0 Å². The molecular formula is C26H34FNO6. The molecule has 0 aromatic heterocycles. The van der Waals surface area contributed by atoms with Crippen molar-refractivity contribution in [1.29, 1.82) is 0 Å². The Morgan fingerprint density at radius 3 is 2.68 bits per heavy atom. The van der Waals surface area contributed by atoms with Gasteiger partial charge in [-0.05, 0) is 60.7 Å². The third kappa shape index (κ3) is 6.76. The topological polar surface area (TPSA) is 97.3 Å². The molecule has 1 heterocycles. The van der Waals surface area contributed by atoms with Gasteiger partial charge >= 0.3 is 0 Å². The van der Waals surface area contributed by atoms with Crippen molar-refractivity contribution in [3.05, 3.63) is 53.8 Å². The number of nitrogens with one attached hydrogen (secondary N) is 1. The minimum absolute atomic E-state index is 0.125. The zero-order valence-corrected chi connectivity index (χ0v) is 19.9. The van der Waals surface area contributed by atoms with Crippen LogP contribution in [0, 0.1) is 5.82 Å². The first-order chi connectivity index (χ1) is 16.3. The van der Waals surface area contributed by atoms with E-state index in [9.17, 15) is 19.4 Å². The van der Waals surface area contributed by atoms with E-state index in [-0.39, 0.29) is 11.7 Å². The van der Waals surface area contributed by atoms with Crippen molar-refractivity contribution in [3.63, 3.8) is 0 Å². The Labute approximate surface area is 199 Å². The number of carbonyl (C=O) groups is 1. The maximum absolute atomic E-state index is 13.9. The fourth-order valence-electron chi connectivity index (χ4n) is 3.98. The fourth-order valence-corrected chi connectivity index (χ4v) is 3.98. The van der Waals surface area contributed by atoms with Gasteiger partial charge in [-0.15, -0.1) is 0 Å². The van der Waals surface area contributed by atoms with Crippen LogP contribution in [0.5, 0.6) is 5.75 Å². The molecule has 0 aliphatic carbocycles. The lowest BCUT2D eigenvalue weighted by Crippen LogP contribution is -2.59. The summed E-state index contributed by atoms with van der Waals surface area (Å²) in [7, 11) is 0. The van der Waals surface area contributed by atoms with E-state index in [0.717, 1.165) is 24.0 Å². The highest BCUT2D eigenvalue weighted by molar-refractivity contribution is 5.73. The Hall–Kier alpha value is -2.52. The van der Waals surface area contributed by atoms with E-state index < -0.39 is 30.7 Å². The van der Waals surface area contributed by atoms with Gasteiger partial charge in [-0.3, -0.25) is 4.79 Å². The Morgan fingerprint density at radius 2 is 1.97 bits per heavy atom. The molecule has 3 N–H and O–H groups in total. The summed E-state index contributed by atoms with van der Waals surface area (Å²) in [4.78, 5) is 11.2. The van der Waals surface area contributed by atoms with Crippen LogP contribution in [0.25, 0.3) is 11.1 Å². The monoisotopic (exact) mass is 475 g/mol. The van der Waals surface area contributed by atoms with Crippen molar-refractivity contribution in [2.45, 2.75) is 70.7 Å². The highest BCUT2D eigenvalue weighted by Crippen LogP contribution is 2.32. The van der Waals surface area contributed by atoms with E-state index in [1.165, 1.54) is 19.1 Å². The molecule has 1 aliphatic heterocycles. The van der Waals surface area contributed by atoms with Gasteiger partial charge in [-0.1, -0.05) is 31.5 Å². The van der Waals surface area contributed by atoms with E-state index in [4.69, 9.17) is 14.2 Å². The molecule has 5 atom stereocenters. The minimum Gasteiger partial charge on any atom is -0.462 e. The molecule has 1 saturated heterocycles. The van der Waals surface area contributed by atoms with E-state index in [1.54, 1.807) is 31.2 Å². The molecule has 0 radical (unpaired) electrons. The van der Waals surface area contributed by atoms with Gasteiger partial charge in [0.2, 0.25) is 12.2 Å². The number of aliphatic hydroxyl groups is 2. The Kier molecular flexibility index (Phi) is 9.41. The lowest BCUT2D eigenvalue weighted by atomic mass is 9.97. The van der Waals surface area contributed by atoms with Gasteiger partial charge < -0.3 is 29.7 Å². The van der Waals surface area contributed by atoms with Crippen molar-refractivity contribution < 1.29 is 33.6 Å². The lowest BCUT2D eigenvalue weighted by Gasteiger charge is -2.41. The van der Waals surface area contributed by atoms with Gasteiger partial charge in [0.25, 0.3) is 0 Å². The van der Waals surface area contributed by atoms with Crippen LogP contribution in [0.4, 0.5) is 4.39 Å². The van der Waals surface area contributed by atoms with Crippen molar-refractivity contribution in [3.8, 4) is 16.9 Å². The summed E-state index contributed by atoms with van der Waals surface area (Å²) in [5.41, 5.74) is 2.29. The number of ether oxygens (including phenoxy) is 3. The van der Waals surface area contributed by atoms with Gasteiger partial charge in [0.1, 0.15) is 29.9 Å². The lowest BCUT2D eigenvalue weighted by molar-refractivity contribution is -0.276. The number of halogens is 1. The van der Waals surface area contributed by atoms with Gasteiger partial charge in [-0.25, -0.2) is 4.39 Å². The van der Waals surface area contributed by atoms with Gasteiger partial charge in [-0.2, -0.15) is 0 Å². The number of rotatable bonds is 10. The Balaban J connectivity index is 1.79. The standard InChI is InChI=1S/C26H34FNO6/c1-4-5-13-32-25-16(2)33-26(24(31)23(25)30)34-21-10-9-18(11-12-28-17(3)29)22(15-21)19-7-6-8-20(27)14-19/h6-10,14-16,23-26,30-31H,4-5,11-13H2,1-3H3,(H,28,29)/t16-,23-,24+,25-,26-/m0/s1. The Morgan fingerprint density at radius 1 is 1.18 bits per heavy atom. The summed E-state index contributed by atoms with van der Waals surface area (Å²) in [6.45, 7) is 6.18. The zero-order valence-electron chi connectivity index (χ0n) is 19.9. The van der Waals surface area contributed by atoms with Crippen LogP contribution in [-0.4, -0.2) is 60.0 Å². The third-order valence-corrected chi connectivity index (χ3v) is 5.82. The zero-order chi connectivity index (χ0) is 24.7. The number of unbranched alkanes of at least 4 members (excludes halogenated alkanes) is 1. The average Bonchev–Trinajstić information content (AvgIpc) is 2.80.